The number of nitrogens with zero attached hydrogens (tertiary/aromatic N) is 1. The molecule has 0 atom stereocenters. The number of aromatic nitrogens is 1. The number of halogens is 4. The summed E-state index contributed by atoms with van der Waals surface area (Å²) < 4.78 is 51.0. The fourth-order valence-electron chi connectivity index (χ4n) is 1.00. The number of rotatable bonds is 3. The predicted octanol–water partition coefficient (Wildman–Crippen LogP) is 1.65. The van der Waals surface area contributed by atoms with Crippen molar-refractivity contribution < 1.29 is 27.2 Å². The van der Waals surface area contributed by atoms with Gasteiger partial charge in [-0.25, -0.2) is 9.37 Å². The van der Waals surface area contributed by atoms with Crippen molar-refractivity contribution in [2.45, 2.75) is 13.0 Å². The van der Waals surface area contributed by atoms with Crippen LogP contribution >= 0.6 is 0 Å². The molecule has 0 bridgehead atoms. The second-order valence-electron chi connectivity index (χ2n) is 2.78. The fraction of sp³-hybridized carbons (Fsp3) is 0.286. The van der Waals surface area contributed by atoms with Crippen LogP contribution in [-0.4, -0.2) is 16.3 Å². The maximum atomic E-state index is 12.2. The van der Waals surface area contributed by atoms with Gasteiger partial charge in [0.15, 0.2) is 6.67 Å². The lowest BCUT2D eigenvalue weighted by Crippen LogP contribution is -2.23. The Morgan fingerprint density at radius 3 is 2.47 bits per heavy atom. The average Bonchev–Trinajstić information content (AvgIpc) is 2.18. The van der Waals surface area contributed by atoms with Gasteiger partial charge in [-0.2, -0.15) is 0 Å². The van der Waals surface area contributed by atoms with Crippen molar-refractivity contribution in [1.82, 2.24) is 4.98 Å². The minimum absolute atomic E-state index is 0.452. The number of aromatic amines is 1. The summed E-state index contributed by atoms with van der Waals surface area (Å²) in [6.07, 6.45) is -5.25. The van der Waals surface area contributed by atoms with Crippen molar-refractivity contribution in [3.05, 3.63) is 32.1 Å². The number of hydrogen-bond donors (Lipinski definition) is 1. The Morgan fingerprint density at radius 1 is 1.47 bits per heavy atom. The summed E-state index contributed by atoms with van der Waals surface area (Å²) in [5, 5.41) is 10.4. The first-order valence-corrected chi connectivity index (χ1v) is 3.97. The molecule has 0 fully saturated rings. The van der Waals surface area contributed by atoms with E-state index in [4.69, 9.17) is 0 Å². The molecule has 1 aromatic heterocycles. The van der Waals surface area contributed by atoms with Crippen LogP contribution in [0.15, 0.2) is 10.9 Å². The number of hydrogen-bond acceptors (Lipinski definition) is 4. The number of H-pyrrole nitrogens is 1. The zero-order valence-corrected chi connectivity index (χ0v) is 7.88. The zero-order chi connectivity index (χ0) is 13.2. The predicted molar refractivity (Wildman–Crippen MR) is 45.2 cm³/mol. The first kappa shape index (κ1) is 12.9. The van der Waals surface area contributed by atoms with Crippen LogP contribution < -0.4 is 10.2 Å². The Morgan fingerprint density at radius 2 is 2.06 bits per heavy atom. The number of ether oxygens (including phenoxy) is 1. The highest BCUT2D eigenvalue weighted by Crippen LogP contribution is 2.27. The first-order chi connectivity index (χ1) is 7.74. The molecule has 0 saturated carbocycles. The lowest BCUT2D eigenvalue weighted by atomic mass is 10.3. The van der Waals surface area contributed by atoms with E-state index in [1.807, 2.05) is 0 Å². The van der Waals surface area contributed by atoms with E-state index in [-0.39, 0.29) is 0 Å². The van der Waals surface area contributed by atoms with Crippen LogP contribution in [0.5, 0.6) is 5.75 Å². The molecule has 0 unspecified atom stereocenters. The Hall–Kier alpha value is -2.13. The maximum Gasteiger partial charge on any atom is 0.573 e. The van der Waals surface area contributed by atoms with Crippen LogP contribution in [0.2, 0.25) is 0 Å². The smallest absolute Gasteiger partial charge is 0.393 e. The number of nitrogens with one attached hydrogen (secondary N) is 1. The molecule has 0 amide bonds. The highest BCUT2D eigenvalue weighted by atomic mass is 19.4. The van der Waals surface area contributed by atoms with Gasteiger partial charge in [0.25, 0.3) is 5.75 Å². The Labute approximate surface area is 90.0 Å². The van der Waals surface area contributed by atoms with Crippen molar-refractivity contribution in [2.75, 3.05) is 0 Å². The minimum Gasteiger partial charge on any atom is -0.393 e. The molecule has 94 valence electrons. The molecule has 1 N–H and O–H groups in total. The number of pyridine rings is 1. The highest BCUT2D eigenvalue weighted by Gasteiger charge is 2.36. The van der Waals surface area contributed by atoms with Gasteiger partial charge in [0.1, 0.15) is 5.69 Å². The number of alkyl halides is 4. The standard InChI is InChI=1S/C7H4F4N2O4/c8-2-3-1-4(14)5(17-7(9,10)11)6(12-3)13(15)16/h1H,2H2,(H,12,14). The topological polar surface area (TPSA) is 85.2 Å². The average molecular weight is 256 g/mol. The van der Waals surface area contributed by atoms with Crippen LogP contribution in [-0.2, 0) is 6.67 Å². The van der Waals surface area contributed by atoms with Crippen LogP contribution in [0.4, 0.5) is 23.4 Å². The van der Waals surface area contributed by atoms with E-state index in [1.165, 1.54) is 0 Å². The summed E-state index contributed by atoms with van der Waals surface area (Å²) >= 11 is 0. The lowest BCUT2D eigenvalue weighted by Gasteiger charge is -2.08. The SMILES string of the molecule is O=c1cc(CF)[nH]c([N+](=O)[O-])c1OC(F)(F)F. The van der Waals surface area contributed by atoms with Crippen molar-refractivity contribution in [2.24, 2.45) is 0 Å². The monoisotopic (exact) mass is 256 g/mol. The molecule has 0 radical (unpaired) electrons. The summed E-state index contributed by atoms with van der Waals surface area (Å²) in [5.74, 6) is -2.87. The zero-order valence-electron chi connectivity index (χ0n) is 7.88. The molecule has 0 aliphatic carbocycles. The minimum atomic E-state index is -5.25. The van der Waals surface area contributed by atoms with Crippen LogP contribution in [0.3, 0.4) is 0 Å². The summed E-state index contributed by atoms with van der Waals surface area (Å²) in [6, 6.07) is 0.452. The second kappa shape index (κ2) is 4.39. The van der Waals surface area contributed by atoms with E-state index in [9.17, 15) is 32.5 Å². The normalized spacial score (nSPS) is 11.3. The van der Waals surface area contributed by atoms with E-state index in [0.29, 0.717) is 6.07 Å². The Balaban J connectivity index is 3.37. The molecule has 6 nitrogen and oxygen atoms in total. The van der Waals surface area contributed by atoms with Crippen LogP contribution in [0, 0.1) is 10.1 Å². The quantitative estimate of drug-likeness (QED) is 0.506. The van der Waals surface area contributed by atoms with E-state index in [0.717, 1.165) is 0 Å². The molecule has 0 aliphatic rings. The maximum absolute atomic E-state index is 12.2. The van der Waals surface area contributed by atoms with Crippen molar-refractivity contribution in [3.8, 4) is 5.75 Å². The van der Waals surface area contributed by atoms with Gasteiger partial charge in [-0.1, -0.05) is 0 Å². The molecule has 0 spiro atoms. The molecular weight excluding hydrogens is 252 g/mol. The Bertz CT molecular complexity index is 496. The van der Waals surface area contributed by atoms with Gasteiger partial charge >= 0.3 is 12.2 Å². The number of nitro groups is 1. The highest BCUT2D eigenvalue weighted by molar-refractivity contribution is 5.40. The molecule has 10 heteroatoms. The van der Waals surface area contributed by atoms with Crippen molar-refractivity contribution in [3.63, 3.8) is 0 Å². The molecule has 17 heavy (non-hydrogen) atoms. The van der Waals surface area contributed by atoms with Gasteiger partial charge in [0.05, 0.1) is 0 Å². The third kappa shape index (κ3) is 3.16. The summed E-state index contributed by atoms with van der Waals surface area (Å²) in [5.41, 5.74) is -1.95. The van der Waals surface area contributed by atoms with Crippen molar-refractivity contribution >= 4 is 5.82 Å². The first-order valence-electron chi connectivity index (χ1n) is 3.97. The molecule has 1 rings (SSSR count). The summed E-state index contributed by atoms with van der Waals surface area (Å²) in [7, 11) is 0. The van der Waals surface area contributed by atoms with Crippen LogP contribution in [0.25, 0.3) is 0 Å². The summed E-state index contributed by atoms with van der Waals surface area (Å²) in [6.45, 7) is -1.26. The molecule has 1 aromatic rings. The van der Waals surface area contributed by atoms with Gasteiger partial charge in [0.2, 0.25) is 5.43 Å². The molecule has 1 heterocycles. The van der Waals surface area contributed by atoms with Gasteiger partial charge < -0.3 is 14.9 Å². The summed E-state index contributed by atoms with van der Waals surface area (Å²) in [4.78, 5) is 21.9. The van der Waals surface area contributed by atoms with Gasteiger partial charge in [-0.05, 0) is 4.92 Å². The molecule has 0 aromatic carbocycles. The third-order valence-electron chi connectivity index (χ3n) is 1.57. The van der Waals surface area contributed by atoms with E-state index in [1.54, 1.807) is 4.98 Å². The van der Waals surface area contributed by atoms with Crippen molar-refractivity contribution in [1.29, 1.82) is 0 Å². The molecular formula is C7H4F4N2O4. The lowest BCUT2D eigenvalue weighted by molar-refractivity contribution is -0.393. The molecule has 0 aliphatic heterocycles. The third-order valence-corrected chi connectivity index (χ3v) is 1.57. The van der Waals surface area contributed by atoms with Gasteiger partial charge in [0, 0.05) is 6.07 Å². The second-order valence-corrected chi connectivity index (χ2v) is 2.78. The van der Waals surface area contributed by atoms with Gasteiger partial charge in [-0.15, -0.1) is 13.2 Å². The van der Waals surface area contributed by atoms with E-state index >= 15 is 0 Å². The van der Waals surface area contributed by atoms with E-state index < -0.39 is 40.7 Å². The Kier molecular flexibility index (Phi) is 3.34. The van der Waals surface area contributed by atoms with Crippen LogP contribution in [0.1, 0.15) is 5.69 Å². The molecule has 0 saturated heterocycles. The fourth-order valence-corrected chi connectivity index (χ4v) is 1.00. The van der Waals surface area contributed by atoms with Gasteiger partial charge in [-0.3, -0.25) is 4.79 Å². The largest absolute Gasteiger partial charge is 0.573 e. The van der Waals surface area contributed by atoms with E-state index in [2.05, 4.69) is 4.74 Å².